The molecule has 0 saturated heterocycles. The number of nitro groups is 1. The molecule has 0 aliphatic rings. The molecule has 0 bridgehead atoms. The van der Waals surface area contributed by atoms with Crippen molar-refractivity contribution in [2.75, 3.05) is 0 Å². The normalized spacial score (nSPS) is 12.5. The first-order valence-corrected chi connectivity index (χ1v) is 4.01. The van der Waals surface area contributed by atoms with E-state index in [0.717, 1.165) is 0 Å². The van der Waals surface area contributed by atoms with Crippen molar-refractivity contribution in [3.05, 3.63) is 34.1 Å². The van der Waals surface area contributed by atoms with Gasteiger partial charge in [-0.15, -0.1) is 0 Å². The lowest BCUT2D eigenvalue weighted by Gasteiger charge is -2.07. The standard InChI is InChI=1S/C8H11N3O2/c1-2-6(9)8-7(11(12)13)4-3-5-10-8/h3-6H,2,9H2,1H3/t6-/m1/s1. The summed E-state index contributed by atoms with van der Waals surface area (Å²) in [7, 11) is 0. The predicted octanol–water partition coefficient (Wildman–Crippen LogP) is 1.40. The van der Waals surface area contributed by atoms with E-state index in [0.29, 0.717) is 12.1 Å². The lowest BCUT2D eigenvalue weighted by molar-refractivity contribution is -0.386. The summed E-state index contributed by atoms with van der Waals surface area (Å²) in [6.45, 7) is 1.86. The van der Waals surface area contributed by atoms with Gasteiger partial charge in [-0.05, 0) is 12.5 Å². The van der Waals surface area contributed by atoms with Gasteiger partial charge in [0.1, 0.15) is 5.69 Å². The Labute approximate surface area is 75.7 Å². The molecule has 1 heterocycles. The molecule has 5 heteroatoms. The highest BCUT2D eigenvalue weighted by Gasteiger charge is 2.18. The van der Waals surface area contributed by atoms with Crippen LogP contribution < -0.4 is 5.73 Å². The Hall–Kier alpha value is -1.49. The maximum absolute atomic E-state index is 10.6. The Morgan fingerprint density at radius 2 is 2.46 bits per heavy atom. The number of nitrogens with two attached hydrogens (primary N) is 1. The number of rotatable bonds is 3. The molecule has 13 heavy (non-hydrogen) atoms. The van der Waals surface area contributed by atoms with Crippen LogP contribution in [0.3, 0.4) is 0 Å². The fraction of sp³-hybridized carbons (Fsp3) is 0.375. The quantitative estimate of drug-likeness (QED) is 0.564. The van der Waals surface area contributed by atoms with Crippen LogP contribution in [-0.2, 0) is 0 Å². The van der Waals surface area contributed by atoms with Crippen molar-refractivity contribution >= 4 is 5.69 Å². The number of hydrogen-bond donors (Lipinski definition) is 1. The maximum atomic E-state index is 10.6. The van der Waals surface area contributed by atoms with Gasteiger partial charge < -0.3 is 5.73 Å². The molecule has 1 rings (SSSR count). The highest BCUT2D eigenvalue weighted by atomic mass is 16.6. The van der Waals surface area contributed by atoms with Gasteiger partial charge in [-0.3, -0.25) is 15.1 Å². The fourth-order valence-corrected chi connectivity index (χ4v) is 1.04. The molecule has 0 radical (unpaired) electrons. The second kappa shape index (κ2) is 3.95. The maximum Gasteiger partial charge on any atom is 0.292 e. The van der Waals surface area contributed by atoms with E-state index in [4.69, 9.17) is 5.73 Å². The van der Waals surface area contributed by atoms with Gasteiger partial charge in [0.2, 0.25) is 0 Å². The number of hydrogen-bond acceptors (Lipinski definition) is 4. The Bertz CT molecular complexity index is 314. The predicted molar refractivity (Wildman–Crippen MR) is 48.1 cm³/mol. The van der Waals surface area contributed by atoms with Crippen LogP contribution in [0.15, 0.2) is 18.3 Å². The van der Waals surface area contributed by atoms with Gasteiger partial charge in [-0.2, -0.15) is 0 Å². The van der Waals surface area contributed by atoms with Crippen molar-refractivity contribution in [1.82, 2.24) is 4.98 Å². The van der Waals surface area contributed by atoms with E-state index < -0.39 is 4.92 Å². The number of aromatic nitrogens is 1. The first-order valence-electron chi connectivity index (χ1n) is 4.01. The van der Waals surface area contributed by atoms with Gasteiger partial charge in [-0.25, -0.2) is 0 Å². The summed E-state index contributed by atoms with van der Waals surface area (Å²) in [5.74, 6) is 0. The van der Waals surface area contributed by atoms with E-state index in [1.807, 2.05) is 6.92 Å². The Morgan fingerprint density at radius 1 is 1.77 bits per heavy atom. The van der Waals surface area contributed by atoms with Crippen molar-refractivity contribution in [3.63, 3.8) is 0 Å². The van der Waals surface area contributed by atoms with Crippen LogP contribution in [0.5, 0.6) is 0 Å². The van der Waals surface area contributed by atoms with Gasteiger partial charge in [0.15, 0.2) is 0 Å². The molecule has 0 amide bonds. The molecule has 1 aromatic rings. The third-order valence-electron chi connectivity index (χ3n) is 1.80. The summed E-state index contributed by atoms with van der Waals surface area (Å²) in [5, 5.41) is 10.6. The summed E-state index contributed by atoms with van der Waals surface area (Å²) >= 11 is 0. The lowest BCUT2D eigenvalue weighted by atomic mass is 10.1. The van der Waals surface area contributed by atoms with E-state index in [2.05, 4.69) is 4.98 Å². The molecule has 0 aliphatic carbocycles. The first kappa shape index (κ1) is 9.60. The van der Waals surface area contributed by atoms with Crippen LogP contribution in [0, 0.1) is 10.1 Å². The van der Waals surface area contributed by atoms with Crippen molar-refractivity contribution < 1.29 is 4.92 Å². The van der Waals surface area contributed by atoms with E-state index >= 15 is 0 Å². The molecule has 1 atom stereocenters. The monoisotopic (exact) mass is 181 g/mol. The number of pyridine rings is 1. The molecular weight excluding hydrogens is 170 g/mol. The molecule has 70 valence electrons. The first-order chi connectivity index (χ1) is 6.16. The van der Waals surface area contributed by atoms with Crippen molar-refractivity contribution in [2.45, 2.75) is 19.4 Å². The molecule has 1 aromatic heterocycles. The average molecular weight is 181 g/mol. The van der Waals surface area contributed by atoms with Gasteiger partial charge in [0.25, 0.3) is 5.69 Å². The van der Waals surface area contributed by atoms with Crippen LogP contribution in [0.2, 0.25) is 0 Å². The van der Waals surface area contributed by atoms with E-state index in [1.165, 1.54) is 18.3 Å². The molecule has 0 unspecified atom stereocenters. The fourth-order valence-electron chi connectivity index (χ4n) is 1.04. The average Bonchev–Trinajstić information content (AvgIpc) is 2.16. The number of nitrogens with zero attached hydrogens (tertiary/aromatic N) is 2. The zero-order valence-electron chi connectivity index (χ0n) is 7.30. The largest absolute Gasteiger partial charge is 0.322 e. The summed E-state index contributed by atoms with van der Waals surface area (Å²) in [6, 6.07) is 2.59. The molecule has 0 aromatic carbocycles. The molecule has 0 fully saturated rings. The summed E-state index contributed by atoms with van der Waals surface area (Å²) in [6.07, 6.45) is 2.15. The smallest absolute Gasteiger partial charge is 0.292 e. The van der Waals surface area contributed by atoms with E-state index in [-0.39, 0.29) is 11.7 Å². The molecular formula is C8H11N3O2. The summed E-state index contributed by atoms with van der Waals surface area (Å²) in [5.41, 5.74) is 6.02. The highest BCUT2D eigenvalue weighted by molar-refractivity contribution is 5.36. The topological polar surface area (TPSA) is 82.0 Å². The van der Waals surface area contributed by atoms with E-state index in [9.17, 15) is 10.1 Å². The Morgan fingerprint density at radius 3 is 3.00 bits per heavy atom. The zero-order chi connectivity index (χ0) is 9.84. The Balaban J connectivity index is 3.11. The SMILES string of the molecule is CC[C@@H](N)c1ncccc1[N+](=O)[O-]. The van der Waals surface area contributed by atoms with Crippen LogP contribution >= 0.6 is 0 Å². The highest BCUT2D eigenvalue weighted by Crippen LogP contribution is 2.22. The van der Waals surface area contributed by atoms with Gasteiger partial charge in [0.05, 0.1) is 11.0 Å². The second-order valence-electron chi connectivity index (χ2n) is 2.68. The minimum absolute atomic E-state index is 0.00292. The molecule has 0 spiro atoms. The lowest BCUT2D eigenvalue weighted by Crippen LogP contribution is -2.12. The van der Waals surface area contributed by atoms with Crippen molar-refractivity contribution in [3.8, 4) is 0 Å². The summed E-state index contributed by atoms with van der Waals surface area (Å²) in [4.78, 5) is 14.0. The molecule has 0 saturated carbocycles. The van der Waals surface area contributed by atoms with Gasteiger partial charge in [-0.1, -0.05) is 6.92 Å². The van der Waals surface area contributed by atoms with Crippen LogP contribution in [0.1, 0.15) is 25.1 Å². The van der Waals surface area contributed by atoms with Crippen LogP contribution in [-0.4, -0.2) is 9.91 Å². The summed E-state index contributed by atoms with van der Waals surface area (Å²) < 4.78 is 0. The molecule has 5 nitrogen and oxygen atoms in total. The molecule has 0 aliphatic heterocycles. The van der Waals surface area contributed by atoms with Crippen LogP contribution in [0.25, 0.3) is 0 Å². The van der Waals surface area contributed by atoms with Crippen molar-refractivity contribution in [1.29, 1.82) is 0 Å². The second-order valence-corrected chi connectivity index (χ2v) is 2.68. The Kier molecular flexibility index (Phi) is 2.92. The van der Waals surface area contributed by atoms with Gasteiger partial charge >= 0.3 is 0 Å². The van der Waals surface area contributed by atoms with Gasteiger partial charge in [0, 0.05) is 12.3 Å². The van der Waals surface area contributed by atoms with E-state index in [1.54, 1.807) is 0 Å². The minimum Gasteiger partial charge on any atom is -0.322 e. The minimum atomic E-state index is -0.460. The third kappa shape index (κ3) is 2.00. The van der Waals surface area contributed by atoms with Crippen LogP contribution in [0.4, 0.5) is 5.69 Å². The third-order valence-corrected chi connectivity index (χ3v) is 1.80. The molecule has 2 N–H and O–H groups in total. The van der Waals surface area contributed by atoms with Crippen molar-refractivity contribution in [2.24, 2.45) is 5.73 Å². The zero-order valence-corrected chi connectivity index (χ0v) is 7.30.